The van der Waals surface area contributed by atoms with Crippen molar-refractivity contribution in [2.75, 3.05) is 0 Å². The molecular formula is C12H13B. The number of hydrogen-bond donors (Lipinski definition) is 0. The van der Waals surface area contributed by atoms with Crippen LogP contribution in [0.3, 0.4) is 0 Å². The van der Waals surface area contributed by atoms with Gasteiger partial charge in [-0.1, -0.05) is 42.5 Å². The molecule has 1 aliphatic rings. The topological polar surface area (TPSA) is 0 Å². The van der Waals surface area contributed by atoms with Crippen molar-refractivity contribution >= 4 is 13.4 Å². The van der Waals surface area contributed by atoms with Crippen LogP contribution >= 0.6 is 0 Å². The van der Waals surface area contributed by atoms with Gasteiger partial charge in [0.15, 0.2) is 0 Å². The quantitative estimate of drug-likeness (QED) is 0.564. The molecule has 0 unspecified atom stereocenters. The molecule has 0 amide bonds. The zero-order valence-corrected chi connectivity index (χ0v) is 7.96. The number of hydrogen-bond acceptors (Lipinski definition) is 0. The van der Waals surface area contributed by atoms with Gasteiger partial charge < -0.3 is 0 Å². The second-order valence-electron chi connectivity index (χ2n) is 3.50. The monoisotopic (exact) mass is 168 g/mol. The average Bonchev–Trinajstić information content (AvgIpc) is 2.20. The minimum Gasteiger partial charge on any atom is -0.102 e. The lowest BCUT2D eigenvalue weighted by Gasteiger charge is -2.12. The van der Waals surface area contributed by atoms with E-state index in [0.29, 0.717) is 0 Å². The first-order valence-corrected chi connectivity index (χ1v) is 4.79. The van der Waals surface area contributed by atoms with E-state index < -0.39 is 0 Å². The van der Waals surface area contributed by atoms with Crippen molar-refractivity contribution < 1.29 is 0 Å². The highest BCUT2D eigenvalue weighted by atomic mass is 14.1. The molecule has 0 spiro atoms. The Morgan fingerprint density at radius 3 is 2.54 bits per heavy atom. The normalized spacial score (nSPS) is 16.3. The zero-order chi connectivity index (χ0) is 9.10. The molecule has 13 heavy (non-hydrogen) atoms. The Morgan fingerprint density at radius 1 is 1.08 bits per heavy atom. The first kappa shape index (κ1) is 8.37. The largest absolute Gasteiger partial charge is 0.134 e. The predicted molar refractivity (Wildman–Crippen MR) is 60.3 cm³/mol. The summed E-state index contributed by atoms with van der Waals surface area (Å²) < 4.78 is 0. The Labute approximate surface area is 80.4 Å². The Kier molecular flexibility index (Phi) is 2.35. The number of allylic oxidation sites excluding steroid dienone is 4. The molecule has 0 saturated carbocycles. The van der Waals surface area contributed by atoms with Gasteiger partial charge in [0.25, 0.3) is 0 Å². The van der Waals surface area contributed by atoms with E-state index >= 15 is 0 Å². The molecule has 0 nitrogen and oxygen atoms in total. The minimum absolute atomic E-state index is 1.20. The first-order chi connectivity index (χ1) is 6.38. The fraction of sp³-hybridized carbons (Fsp3) is 0.167. The van der Waals surface area contributed by atoms with E-state index in [0.717, 1.165) is 0 Å². The molecule has 0 heterocycles. The SMILES string of the molecule is BC1=C(c2ccccc2)C=CCC1. The predicted octanol–water partition coefficient (Wildman–Crippen LogP) is 2.38. The molecule has 64 valence electrons. The molecule has 1 aromatic carbocycles. The van der Waals surface area contributed by atoms with Gasteiger partial charge in [0.1, 0.15) is 7.85 Å². The zero-order valence-electron chi connectivity index (χ0n) is 7.96. The third-order valence-electron chi connectivity index (χ3n) is 2.52. The van der Waals surface area contributed by atoms with Crippen LogP contribution in [0.1, 0.15) is 18.4 Å². The molecule has 2 rings (SSSR count). The van der Waals surface area contributed by atoms with Crippen LogP contribution in [0.5, 0.6) is 0 Å². The van der Waals surface area contributed by atoms with Gasteiger partial charge >= 0.3 is 0 Å². The van der Waals surface area contributed by atoms with Crippen molar-refractivity contribution in [3.05, 3.63) is 53.5 Å². The van der Waals surface area contributed by atoms with Crippen LogP contribution in [0.25, 0.3) is 5.57 Å². The number of benzene rings is 1. The average molecular weight is 168 g/mol. The number of rotatable bonds is 1. The molecule has 0 atom stereocenters. The summed E-state index contributed by atoms with van der Waals surface area (Å²) >= 11 is 0. The summed E-state index contributed by atoms with van der Waals surface area (Å²) in [6.45, 7) is 0. The van der Waals surface area contributed by atoms with Crippen molar-refractivity contribution in [2.24, 2.45) is 0 Å². The van der Waals surface area contributed by atoms with Crippen LogP contribution in [0.15, 0.2) is 48.0 Å². The van der Waals surface area contributed by atoms with Crippen molar-refractivity contribution in [1.29, 1.82) is 0 Å². The lowest BCUT2D eigenvalue weighted by Crippen LogP contribution is -1.93. The fourth-order valence-electron chi connectivity index (χ4n) is 1.74. The van der Waals surface area contributed by atoms with E-state index in [2.05, 4.69) is 50.3 Å². The second kappa shape index (κ2) is 3.65. The summed E-state index contributed by atoms with van der Waals surface area (Å²) in [4.78, 5) is 0. The van der Waals surface area contributed by atoms with Crippen molar-refractivity contribution in [1.82, 2.24) is 0 Å². The molecule has 0 radical (unpaired) electrons. The summed E-state index contributed by atoms with van der Waals surface area (Å²) in [6, 6.07) is 10.6. The summed E-state index contributed by atoms with van der Waals surface area (Å²) in [5.74, 6) is 0. The van der Waals surface area contributed by atoms with Crippen LogP contribution < -0.4 is 0 Å². The lowest BCUT2D eigenvalue weighted by molar-refractivity contribution is 1.02. The fourth-order valence-corrected chi connectivity index (χ4v) is 1.74. The van der Waals surface area contributed by atoms with Crippen LogP contribution in [-0.2, 0) is 0 Å². The van der Waals surface area contributed by atoms with Gasteiger partial charge in [0, 0.05) is 0 Å². The molecule has 1 aromatic rings. The van der Waals surface area contributed by atoms with Gasteiger partial charge in [-0.3, -0.25) is 0 Å². The van der Waals surface area contributed by atoms with Crippen molar-refractivity contribution in [2.45, 2.75) is 12.8 Å². The van der Waals surface area contributed by atoms with Crippen LogP contribution in [0.4, 0.5) is 0 Å². The highest BCUT2D eigenvalue weighted by molar-refractivity contribution is 6.26. The highest BCUT2D eigenvalue weighted by Crippen LogP contribution is 2.25. The molecule has 0 bridgehead atoms. The van der Waals surface area contributed by atoms with Crippen LogP contribution in [0, 0.1) is 0 Å². The maximum atomic E-state index is 2.26. The van der Waals surface area contributed by atoms with Gasteiger partial charge in [-0.2, -0.15) is 0 Å². The van der Waals surface area contributed by atoms with E-state index in [1.807, 2.05) is 0 Å². The maximum Gasteiger partial charge on any atom is 0.134 e. The maximum absolute atomic E-state index is 2.26. The van der Waals surface area contributed by atoms with Crippen molar-refractivity contribution in [3.8, 4) is 0 Å². The van der Waals surface area contributed by atoms with Gasteiger partial charge in [-0.05, 0) is 24.0 Å². The molecule has 0 aliphatic heterocycles. The molecule has 0 N–H and O–H groups in total. The molecule has 1 aliphatic carbocycles. The van der Waals surface area contributed by atoms with Gasteiger partial charge in [0.05, 0.1) is 0 Å². The molecule has 0 saturated heterocycles. The summed E-state index contributed by atoms with van der Waals surface area (Å²) in [5, 5.41) is 0. The van der Waals surface area contributed by atoms with E-state index in [-0.39, 0.29) is 0 Å². The van der Waals surface area contributed by atoms with Gasteiger partial charge in [-0.25, -0.2) is 0 Å². The smallest absolute Gasteiger partial charge is 0.102 e. The lowest BCUT2D eigenvalue weighted by atomic mass is 9.81. The third-order valence-corrected chi connectivity index (χ3v) is 2.52. The second-order valence-corrected chi connectivity index (χ2v) is 3.50. The minimum atomic E-state index is 1.20. The summed E-state index contributed by atoms with van der Waals surface area (Å²) in [5.41, 5.74) is 4.26. The van der Waals surface area contributed by atoms with E-state index in [1.54, 1.807) is 0 Å². The van der Waals surface area contributed by atoms with E-state index in [4.69, 9.17) is 0 Å². The van der Waals surface area contributed by atoms with Crippen LogP contribution in [-0.4, -0.2) is 7.85 Å². The standard InChI is InChI=1S/C12H13B/c13-12-9-5-4-8-11(12)10-6-2-1-3-7-10/h1-4,6-8H,5,9,13H2. The molecule has 1 heteroatoms. The van der Waals surface area contributed by atoms with Gasteiger partial charge in [0.2, 0.25) is 0 Å². The van der Waals surface area contributed by atoms with E-state index in [1.165, 1.54) is 29.5 Å². The Hall–Kier alpha value is -1.24. The summed E-state index contributed by atoms with van der Waals surface area (Å²) in [7, 11) is 2.23. The summed E-state index contributed by atoms with van der Waals surface area (Å²) in [6.07, 6.45) is 6.91. The first-order valence-electron chi connectivity index (χ1n) is 4.79. The van der Waals surface area contributed by atoms with Crippen molar-refractivity contribution in [3.63, 3.8) is 0 Å². The van der Waals surface area contributed by atoms with Crippen LogP contribution in [0.2, 0.25) is 0 Å². The Bertz CT molecular complexity index is 347. The third kappa shape index (κ3) is 1.75. The Morgan fingerprint density at radius 2 is 1.85 bits per heavy atom. The molecule has 0 fully saturated rings. The van der Waals surface area contributed by atoms with E-state index in [9.17, 15) is 0 Å². The Balaban J connectivity index is 2.41. The molecule has 0 aromatic heterocycles. The van der Waals surface area contributed by atoms with Gasteiger partial charge in [-0.15, -0.1) is 5.47 Å². The molecular weight excluding hydrogens is 155 g/mol. The highest BCUT2D eigenvalue weighted by Gasteiger charge is 2.04.